The van der Waals surface area contributed by atoms with Crippen LogP contribution in [0.5, 0.6) is 0 Å². The zero-order valence-corrected chi connectivity index (χ0v) is 15.4. The Labute approximate surface area is 163 Å². The molecule has 0 saturated carbocycles. The van der Waals surface area contributed by atoms with E-state index in [9.17, 15) is 14.7 Å². The number of nitrogens with zero attached hydrogens (tertiary/aromatic N) is 1. The number of hydrogen-bond acceptors (Lipinski definition) is 3. The normalized spacial score (nSPS) is 10.9. The van der Waals surface area contributed by atoms with Crippen molar-refractivity contribution in [3.05, 3.63) is 82.5 Å². The number of aromatic carboxylic acids is 1. The molecule has 5 nitrogen and oxygen atoms in total. The number of carboxylic acids is 1. The standard InChI is InChI=1S/C20H13ClN2O3S/c21-14-6-4-12(5-7-14)16-11-27-19(17(16)20(25)26)22-18(24)13-9-15-3-1-2-8-23(15)10-13/h1-11H,(H,22,24)(H,25,26). The molecule has 4 rings (SSSR count). The Morgan fingerprint density at radius 2 is 1.89 bits per heavy atom. The minimum atomic E-state index is -1.10. The van der Waals surface area contributed by atoms with Crippen LogP contribution in [0.1, 0.15) is 20.7 Å². The van der Waals surface area contributed by atoms with Crippen LogP contribution in [-0.2, 0) is 0 Å². The van der Waals surface area contributed by atoms with Gasteiger partial charge in [0.1, 0.15) is 10.6 Å². The number of fused-ring (bicyclic) bond motifs is 1. The van der Waals surface area contributed by atoms with Crippen molar-refractivity contribution in [1.82, 2.24) is 4.40 Å². The highest BCUT2D eigenvalue weighted by molar-refractivity contribution is 7.15. The van der Waals surface area contributed by atoms with Crippen molar-refractivity contribution in [1.29, 1.82) is 0 Å². The number of carboxylic acid groups (broad SMARTS) is 1. The third-order valence-corrected chi connectivity index (χ3v) is 5.30. The largest absolute Gasteiger partial charge is 0.478 e. The second-order valence-corrected chi connectivity index (χ2v) is 7.20. The Morgan fingerprint density at radius 1 is 1.11 bits per heavy atom. The van der Waals surface area contributed by atoms with Crippen molar-refractivity contribution in [2.45, 2.75) is 0 Å². The van der Waals surface area contributed by atoms with Crippen molar-refractivity contribution in [3.8, 4) is 11.1 Å². The number of nitrogens with one attached hydrogen (secondary N) is 1. The van der Waals surface area contributed by atoms with Gasteiger partial charge in [-0.15, -0.1) is 11.3 Å². The third kappa shape index (κ3) is 3.32. The van der Waals surface area contributed by atoms with Crippen LogP contribution in [-0.4, -0.2) is 21.4 Å². The monoisotopic (exact) mass is 396 g/mol. The summed E-state index contributed by atoms with van der Waals surface area (Å²) in [6, 6.07) is 14.3. The lowest BCUT2D eigenvalue weighted by Crippen LogP contribution is -2.12. The summed E-state index contributed by atoms with van der Waals surface area (Å²) in [6.45, 7) is 0. The molecule has 4 aromatic rings. The molecule has 0 spiro atoms. The zero-order chi connectivity index (χ0) is 19.0. The number of aromatic nitrogens is 1. The Bertz CT molecular complexity index is 1130. The Hall–Kier alpha value is -3.09. The first-order valence-electron chi connectivity index (χ1n) is 8.02. The second kappa shape index (κ2) is 6.90. The second-order valence-electron chi connectivity index (χ2n) is 5.88. The highest BCUT2D eigenvalue weighted by Crippen LogP contribution is 2.36. The quantitative estimate of drug-likeness (QED) is 0.493. The number of hydrogen-bond donors (Lipinski definition) is 2. The van der Waals surface area contributed by atoms with E-state index in [-0.39, 0.29) is 11.5 Å². The average molecular weight is 397 g/mol. The molecule has 0 aliphatic heterocycles. The van der Waals surface area contributed by atoms with E-state index in [0.29, 0.717) is 21.2 Å². The molecule has 2 N–H and O–H groups in total. The lowest BCUT2D eigenvalue weighted by atomic mass is 10.0. The van der Waals surface area contributed by atoms with Gasteiger partial charge in [0.25, 0.3) is 5.91 Å². The van der Waals surface area contributed by atoms with Gasteiger partial charge in [-0.3, -0.25) is 4.79 Å². The molecule has 0 unspecified atom stereocenters. The first-order valence-corrected chi connectivity index (χ1v) is 9.27. The van der Waals surface area contributed by atoms with Gasteiger partial charge in [-0.25, -0.2) is 4.79 Å². The van der Waals surface area contributed by atoms with Crippen molar-refractivity contribution < 1.29 is 14.7 Å². The number of rotatable bonds is 4. The molecule has 7 heteroatoms. The molecular formula is C20H13ClN2O3S. The number of pyridine rings is 1. The minimum Gasteiger partial charge on any atom is -0.478 e. The molecular weight excluding hydrogens is 384 g/mol. The topological polar surface area (TPSA) is 70.8 Å². The summed E-state index contributed by atoms with van der Waals surface area (Å²) in [5, 5.41) is 15.0. The molecule has 3 heterocycles. The molecule has 0 atom stereocenters. The fourth-order valence-corrected chi connectivity index (χ4v) is 3.94. The van der Waals surface area contributed by atoms with Crippen molar-refractivity contribution in [2.75, 3.05) is 5.32 Å². The van der Waals surface area contributed by atoms with E-state index in [4.69, 9.17) is 11.6 Å². The van der Waals surface area contributed by atoms with E-state index in [0.717, 1.165) is 11.1 Å². The molecule has 0 saturated heterocycles. The van der Waals surface area contributed by atoms with Crippen LogP contribution < -0.4 is 5.32 Å². The number of carbonyl (C=O) groups is 2. The van der Waals surface area contributed by atoms with E-state index in [2.05, 4.69) is 5.32 Å². The van der Waals surface area contributed by atoms with E-state index in [1.165, 1.54) is 11.3 Å². The Kier molecular flexibility index (Phi) is 4.43. The van der Waals surface area contributed by atoms with Crippen LogP contribution >= 0.6 is 22.9 Å². The van der Waals surface area contributed by atoms with Gasteiger partial charge in [0.05, 0.1) is 5.56 Å². The van der Waals surface area contributed by atoms with Gasteiger partial charge < -0.3 is 14.8 Å². The fourth-order valence-electron chi connectivity index (χ4n) is 2.86. The molecule has 0 radical (unpaired) electrons. The number of thiophene rings is 1. The summed E-state index contributed by atoms with van der Waals surface area (Å²) in [4.78, 5) is 24.4. The van der Waals surface area contributed by atoms with Crippen LogP contribution in [0.2, 0.25) is 5.02 Å². The van der Waals surface area contributed by atoms with Crippen molar-refractivity contribution in [3.63, 3.8) is 0 Å². The molecule has 0 bridgehead atoms. The van der Waals surface area contributed by atoms with E-state index in [1.54, 1.807) is 41.9 Å². The summed E-state index contributed by atoms with van der Waals surface area (Å²) < 4.78 is 1.83. The van der Waals surface area contributed by atoms with Gasteiger partial charge in [-0.05, 0) is 35.9 Å². The minimum absolute atomic E-state index is 0.0689. The van der Waals surface area contributed by atoms with Gasteiger partial charge >= 0.3 is 5.97 Å². The van der Waals surface area contributed by atoms with Crippen LogP contribution in [0.15, 0.2) is 66.3 Å². The van der Waals surface area contributed by atoms with Crippen LogP contribution in [0, 0.1) is 0 Å². The van der Waals surface area contributed by atoms with Gasteiger partial charge in [-0.1, -0.05) is 29.8 Å². The molecule has 1 aromatic carbocycles. The number of amides is 1. The molecule has 3 aromatic heterocycles. The summed E-state index contributed by atoms with van der Waals surface area (Å²) in [5.74, 6) is -1.45. The SMILES string of the molecule is O=C(Nc1scc(-c2ccc(Cl)cc2)c1C(=O)O)c1cc2ccccn2c1. The van der Waals surface area contributed by atoms with Gasteiger partial charge in [0.15, 0.2) is 0 Å². The molecule has 0 fully saturated rings. The summed E-state index contributed by atoms with van der Waals surface area (Å²) in [5.41, 5.74) is 2.68. The smallest absolute Gasteiger partial charge is 0.339 e. The van der Waals surface area contributed by atoms with E-state index in [1.807, 2.05) is 28.8 Å². The number of benzene rings is 1. The lowest BCUT2D eigenvalue weighted by molar-refractivity contribution is 0.0699. The van der Waals surface area contributed by atoms with Gasteiger partial charge in [0, 0.05) is 33.9 Å². The highest BCUT2D eigenvalue weighted by atomic mass is 35.5. The van der Waals surface area contributed by atoms with Crippen LogP contribution in [0.25, 0.3) is 16.6 Å². The fraction of sp³-hybridized carbons (Fsp3) is 0. The molecule has 27 heavy (non-hydrogen) atoms. The molecule has 1 amide bonds. The Balaban J connectivity index is 1.68. The number of carbonyl (C=O) groups excluding carboxylic acids is 1. The highest BCUT2D eigenvalue weighted by Gasteiger charge is 2.22. The summed E-state index contributed by atoms with van der Waals surface area (Å²) in [6.07, 6.45) is 3.55. The number of halogens is 1. The molecule has 0 aliphatic carbocycles. The summed E-state index contributed by atoms with van der Waals surface area (Å²) >= 11 is 7.08. The summed E-state index contributed by atoms with van der Waals surface area (Å²) in [7, 11) is 0. The predicted octanol–water partition coefficient (Wildman–Crippen LogP) is 5.27. The first-order chi connectivity index (χ1) is 13.0. The maximum Gasteiger partial charge on any atom is 0.339 e. The van der Waals surface area contributed by atoms with Gasteiger partial charge in [-0.2, -0.15) is 0 Å². The third-order valence-electron chi connectivity index (χ3n) is 4.15. The molecule has 134 valence electrons. The van der Waals surface area contributed by atoms with Crippen LogP contribution in [0.3, 0.4) is 0 Å². The average Bonchev–Trinajstić information content (AvgIpc) is 3.26. The van der Waals surface area contributed by atoms with Crippen molar-refractivity contribution >= 4 is 45.3 Å². The Morgan fingerprint density at radius 3 is 2.59 bits per heavy atom. The predicted molar refractivity (Wildman–Crippen MR) is 107 cm³/mol. The van der Waals surface area contributed by atoms with Crippen LogP contribution in [0.4, 0.5) is 5.00 Å². The number of anilines is 1. The lowest BCUT2D eigenvalue weighted by Gasteiger charge is -2.05. The first kappa shape index (κ1) is 17.3. The maximum atomic E-state index is 12.6. The maximum absolute atomic E-state index is 12.6. The van der Waals surface area contributed by atoms with E-state index >= 15 is 0 Å². The van der Waals surface area contributed by atoms with Crippen molar-refractivity contribution in [2.24, 2.45) is 0 Å². The van der Waals surface area contributed by atoms with Gasteiger partial charge in [0.2, 0.25) is 0 Å². The van der Waals surface area contributed by atoms with E-state index < -0.39 is 5.97 Å². The molecule has 0 aliphatic rings. The zero-order valence-electron chi connectivity index (χ0n) is 13.8.